The van der Waals surface area contributed by atoms with Gasteiger partial charge in [-0.3, -0.25) is 19.2 Å². The molecule has 4 amide bonds. The molecule has 0 aromatic heterocycles. The lowest BCUT2D eigenvalue weighted by Crippen LogP contribution is -2.59. The van der Waals surface area contributed by atoms with E-state index >= 15 is 0 Å². The van der Waals surface area contributed by atoms with E-state index < -0.39 is 79.3 Å². The van der Waals surface area contributed by atoms with E-state index in [1.165, 1.54) is 0 Å². The molecule has 13 nitrogen and oxygen atoms in total. The molecule has 0 aromatic carbocycles. The molecule has 0 aliphatic heterocycles. The van der Waals surface area contributed by atoms with E-state index in [4.69, 9.17) is 21.7 Å². The number of carboxylic acids is 1. The van der Waals surface area contributed by atoms with Gasteiger partial charge in [-0.2, -0.15) is 0 Å². The second-order valence-electron chi connectivity index (χ2n) is 6.33. The summed E-state index contributed by atoms with van der Waals surface area (Å²) in [6.07, 6.45) is -0.645. The zero-order valence-corrected chi connectivity index (χ0v) is 15.5. The number of nitrogens with one attached hydrogen (secondary N) is 3. The Bertz CT molecular complexity index is 597. The molecule has 28 heavy (non-hydrogen) atoms. The highest BCUT2D eigenvalue weighted by Gasteiger charge is 2.32. The van der Waals surface area contributed by atoms with Crippen LogP contribution in [0.5, 0.6) is 0 Å². The van der Waals surface area contributed by atoms with Crippen molar-refractivity contribution < 1.29 is 39.3 Å². The molecular weight excluding hydrogens is 378 g/mol. The molecule has 4 unspecified atom stereocenters. The van der Waals surface area contributed by atoms with Gasteiger partial charge < -0.3 is 42.7 Å². The molecule has 0 rings (SSSR count). The average molecular weight is 405 g/mol. The van der Waals surface area contributed by atoms with Crippen molar-refractivity contribution in [3.63, 3.8) is 0 Å². The van der Waals surface area contributed by atoms with Crippen LogP contribution >= 0.6 is 0 Å². The van der Waals surface area contributed by atoms with Crippen molar-refractivity contribution in [2.75, 3.05) is 13.2 Å². The minimum Gasteiger partial charge on any atom is -0.480 e. The molecule has 10 N–H and O–H groups in total. The molecule has 0 aliphatic rings. The maximum Gasteiger partial charge on any atom is 0.326 e. The molecule has 0 radical (unpaired) electrons. The first-order valence-electron chi connectivity index (χ1n) is 8.34. The van der Waals surface area contributed by atoms with E-state index in [0.717, 1.165) is 0 Å². The van der Waals surface area contributed by atoms with E-state index in [0.29, 0.717) is 0 Å². The molecule has 0 aromatic rings. The van der Waals surface area contributed by atoms with Gasteiger partial charge in [-0.05, 0) is 5.92 Å². The van der Waals surface area contributed by atoms with E-state index in [1.807, 2.05) is 0 Å². The third kappa shape index (κ3) is 8.28. The zero-order chi connectivity index (χ0) is 22.0. The first kappa shape index (κ1) is 25.2. The van der Waals surface area contributed by atoms with Crippen molar-refractivity contribution in [3.8, 4) is 0 Å². The van der Waals surface area contributed by atoms with Crippen LogP contribution in [0.25, 0.3) is 0 Å². The van der Waals surface area contributed by atoms with Gasteiger partial charge >= 0.3 is 5.97 Å². The number of aliphatic hydroxyl groups excluding tert-OH is 2. The van der Waals surface area contributed by atoms with Crippen molar-refractivity contribution in [2.24, 2.45) is 17.4 Å². The molecule has 0 heterocycles. The molecule has 13 heteroatoms. The lowest BCUT2D eigenvalue weighted by atomic mass is 10.0. The minimum absolute atomic E-state index is 0.512. The first-order chi connectivity index (χ1) is 12.9. The van der Waals surface area contributed by atoms with Crippen LogP contribution in [-0.4, -0.2) is 82.3 Å². The van der Waals surface area contributed by atoms with Crippen molar-refractivity contribution >= 4 is 29.6 Å². The van der Waals surface area contributed by atoms with Crippen LogP contribution in [0, 0.1) is 5.92 Å². The predicted molar refractivity (Wildman–Crippen MR) is 94.2 cm³/mol. The maximum atomic E-state index is 12.4. The Morgan fingerprint density at radius 1 is 0.857 bits per heavy atom. The number of carbonyl (C=O) groups excluding carboxylic acids is 4. The molecule has 0 spiro atoms. The number of carboxylic acid groups (broad SMARTS) is 1. The Labute approximate surface area is 160 Å². The monoisotopic (exact) mass is 405 g/mol. The number of nitrogens with two attached hydrogens (primary N) is 2. The van der Waals surface area contributed by atoms with Crippen LogP contribution in [0.4, 0.5) is 0 Å². The van der Waals surface area contributed by atoms with Gasteiger partial charge in [0.15, 0.2) is 0 Å². The summed E-state index contributed by atoms with van der Waals surface area (Å²) >= 11 is 0. The molecular formula is C15H27N5O8. The number of hydrogen-bond acceptors (Lipinski definition) is 8. The fourth-order valence-electron chi connectivity index (χ4n) is 2.01. The fourth-order valence-corrected chi connectivity index (χ4v) is 2.01. The van der Waals surface area contributed by atoms with E-state index in [-0.39, 0.29) is 0 Å². The summed E-state index contributed by atoms with van der Waals surface area (Å²) in [6, 6.07) is -5.59. The van der Waals surface area contributed by atoms with Crippen LogP contribution in [0.2, 0.25) is 0 Å². The molecule has 0 aliphatic carbocycles. The highest BCUT2D eigenvalue weighted by molar-refractivity contribution is 5.95. The summed E-state index contributed by atoms with van der Waals surface area (Å²) in [6.45, 7) is 1.62. The van der Waals surface area contributed by atoms with Crippen LogP contribution in [0.3, 0.4) is 0 Å². The predicted octanol–water partition coefficient (Wildman–Crippen LogP) is -4.63. The quantitative estimate of drug-likeness (QED) is 0.156. The van der Waals surface area contributed by atoms with Crippen molar-refractivity contribution in [1.82, 2.24) is 16.0 Å². The number of primary amides is 1. The van der Waals surface area contributed by atoms with Gasteiger partial charge in [-0.25, -0.2) is 4.79 Å². The molecule has 0 bridgehead atoms. The highest BCUT2D eigenvalue weighted by Crippen LogP contribution is 2.04. The van der Waals surface area contributed by atoms with Crippen molar-refractivity contribution in [3.05, 3.63) is 0 Å². The summed E-state index contributed by atoms with van der Waals surface area (Å²) in [4.78, 5) is 58.3. The second-order valence-corrected chi connectivity index (χ2v) is 6.33. The van der Waals surface area contributed by atoms with Gasteiger partial charge in [0.1, 0.15) is 24.2 Å². The Balaban J connectivity index is 5.18. The molecule has 160 valence electrons. The van der Waals surface area contributed by atoms with Crippen molar-refractivity contribution in [1.29, 1.82) is 0 Å². The minimum atomic E-state index is -1.58. The summed E-state index contributed by atoms with van der Waals surface area (Å²) < 4.78 is 0. The van der Waals surface area contributed by atoms with Crippen LogP contribution < -0.4 is 27.4 Å². The Morgan fingerprint density at radius 3 is 1.79 bits per heavy atom. The number of aliphatic carboxylic acids is 1. The topological polar surface area (TPSA) is 234 Å². The van der Waals surface area contributed by atoms with E-state index in [2.05, 4.69) is 16.0 Å². The second kappa shape index (κ2) is 11.8. The number of amides is 4. The highest BCUT2D eigenvalue weighted by atomic mass is 16.4. The smallest absolute Gasteiger partial charge is 0.326 e. The summed E-state index contributed by atoms with van der Waals surface area (Å²) in [5, 5.41) is 33.7. The van der Waals surface area contributed by atoms with Crippen LogP contribution in [0.1, 0.15) is 20.3 Å². The van der Waals surface area contributed by atoms with Crippen molar-refractivity contribution in [2.45, 2.75) is 44.4 Å². The van der Waals surface area contributed by atoms with Gasteiger partial charge in [0.2, 0.25) is 23.6 Å². The Hall–Kier alpha value is -2.77. The third-order valence-corrected chi connectivity index (χ3v) is 3.62. The third-order valence-electron chi connectivity index (χ3n) is 3.62. The van der Waals surface area contributed by atoms with Gasteiger partial charge in [0.25, 0.3) is 0 Å². The molecule has 0 saturated carbocycles. The van der Waals surface area contributed by atoms with Gasteiger partial charge in [0, 0.05) is 0 Å². The number of carbonyl (C=O) groups is 5. The summed E-state index contributed by atoms with van der Waals surface area (Å²) in [7, 11) is 0. The lowest BCUT2D eigenvalue weighted by Gasteiger charge is -2.26. The average Bonchev–Trinajstić information content (AvgIpc) is 2.61. The zero-order valence-electron chi connectivity index (χ0n) is 15.5. The summed E-state index contributed by atoms with van der Waals surface area (Å²) in [5.74, 6) is -5.67. The van der Waals surface area contributed by atoms with Gasteiger partial charge in [-0.15, -0.1) is 0 Å². The maximum absolute atomic E-state index is 12.4. The lowest BCUT2D eigenvalue weighted by molar-refractivity contribution is -0.144. The fraction of sp³-hybridized carbons (Fsp3) is 0.667. The largest absolute Gasteiger partial charge is 0.480 e. The van der Waals surface area contributed by atoms with Crippen LogP contribution in [-0.2, 0) is 24.0 Å². The number of aliphatic hydroxyl groups is 2. The van der Waals surface area contributed by atoms with Crippen LogP contribution in [0.15, 0.2) is 0 Å². The SMILES string of the molecule is CC(C)C(NC(=O)C(CO)NC(=O)C(N)CO)C(=O)NC(CC(N)=O)C(=O)O. The van der Waals surface area contributed by atoms with E-state index in [9.17, 15) is 29.1 Å². The van der Waals surface area contributed by atoms with Gasteiger partial charge in [-0.1, -0.05) is 13.8 Å². The van der Waals surface area contributed by atoms with E-state index in [1.54, 1.807) is 13.8 Å². The molecule has 4 atom stereocenters. The number of hydrogen-bond donors (Lipinski definition) is 8. The Kier molecular flexibility index (Phi) is 10.7. The van der Waals surface area contributed by atoms with Gasteiger partial charge in [0.05, 0.1) is 19.6 Å². The molecule has 0 fully saturated rings. The first-order valence-corrected chi connectivity index (χ1v) is 8.34. The number of rotatable bonds is 12. The Morgan fingerprint density at radius 2 is 1.39 bits per heavy atom. The standard InChI is InChI=1S/C15H27N5O8/c1-6(2)11(14(26)18-8(15(27)28)3-10(17)23)20-13(25)9(5-22)19-12(24)7(16)4-21/h6-9,11,21-22H,3-5,16H2,1-2H3,(H2,17,23)(H,18,26)(H,19,24)(H,20,25)(H,27,28). The summed E-state index contributed by atoms with van der Waals surface area (Å²) in [5.41, 5.74) is 10.3. The normalized spacial score (nSPS) is 15.1. The molecule has 0 saturated heterocycles.